The Morgan fingerprint density at radius 3 is 2.75 bits per heavy atom. The van der Waals surface area contributed by atoms with E-state index in [0.29, 0.717) is 0 Å². The first-order chi connectivity index (χ1) is 5.90. The van der Waals surface area contributed by atoms with Crippen molar-refractivity contribution in [2.24, 2.45) is 0 Å². The van der Waals surface area contributed by atoms with Crippen LogP contribution in [-0.2, 0) is 19.1 Å². The van der Waals surface area contributed by atoms with Gasteiger partial charge in [0, 0.05) is 0 Å². The largest absolute Gasteiger partial charge is 1.00 e. The number of hydrogen-bond acceptors (Lipinski definition) is 5. The fraction of sp³-hybridized carbons (Fsp3) is 0.333. The molecule has 6 heteroatoms. The Balaban J connectivity index is 0.00000169. The van der Waals surface area contributed by atoms with E-state index in [1.807, 2.05) is 0 Å². The zero-order valence-electron chi connectivity index (χ0n) is 8.54. The van der Waals surface area contributed by atoms with Crippen LogP contribution in [0, 0.1) is 0 Å². The molecule has 1 heterocycles. The van der Waals surface area contributed by atoms with Crippen LogP contribution in [0.25, 0.3) is 0 Å². The summed E-state index contributed by atoms with van der Waals surface area (Å²) in [6.07, 6.45) is 0. The van der Waals surface area contributed by atoms with Gasteiger partial charge in [0.15, 0.2) is 0 Å². The van der Waals surface area contributed by atoms with Crippen molar-refractivity contribution in [1.29, 1.82) is 0 Å². The second-order valence-electron chi connectivity index (χ2n) is 1.69. The predicted molar refractivity (Wildman–Crippen MR) is 30.0 cm³/mol. The van der Waals surface area contributed by atoms with Gasteiger partial charge in [0.25, 0.3) is 0 Å². The Hall–Kier alpha value is -0.520. The van der Waals surface area contributed by atoms with E-state index < -0.39 is 29.8 Å². The van der Waals surface area contributed by atoms with Gasteiger partial charge in [-0.15, -0.1) is 0 Å². The van der Waals surface area contributed by atoms with Crippen LogP contribution in [0.4, 0.5) is 0 Å². The zero-order valence-corrected chi connectivity index (χ0v) is 8.54. The van der Waals surface area contributed by atoms with Crippen molar-refractivity contribution in [3.05, 3.63) is 11.3 Å². The molecule has 0 spiro atoms. The third-order valence-electron chi connectivity index (χ3n) is 1.06. The Bertz CT molecular complexity index is 311. The van der Waals surface area contributed by atoms with Gasteiger partial charge in [-0.2, -0.15) is 0 Å². The number of esters is 2. The Labute approximate surface area is 93.4 Å². The third kappa shape index (κ3) is 2.00. The summed E-state index contributed by atoms with van der Waals surface area (Å²) in [5.74, 6) is -3.78. The molecule has 1 aliphatic heterocycles. The minimum absolute atomic E-state index is 0. The molecule has 1 aliphatic rings. The van der Waals surface area contributed by atoms with E-state index in [1.54, 1.807) is 0 Å². The van der Waals surface area contributed by atoms with E-state index in [9.17, 15) is 14.7 Å². The molecule has 0 aromatic carbocycles. The quantitative estimate of drug-likeness (QED) is 0.231. The van der Waals surface area contributed by atoms with Crippen LogP contribution in [0.15, 0.2) is 11.3 Å². The van der Waals surface area contributed by atoms with Gasteiger partial charge in [-0.3, -0.25) is 0 Å². The third-order valence-corrected chi connectivity index (χ3v) is 1.06. The predicted octanol–water partition coefficient (Wildman–Crippen LogP) is -4.67. The molecule has 0 aromatic rings. The van der Waals surface area contributed by atoms with Gasteiger partial charge < -0.3 is 14.6 Å². The maximum Gasteiger partial charge on any atom is 1.00 e. The Kier molecular flexibility index (Phi) is 3.03. The minimum Gasteiger partial charge on any atom is -0.872 e. The standard InChI is InChI=1S/C6H6O5.Na/c1-10-5(8)4-3(7)2-11-6(4)9;/h7H,2H2,1H3;/q;+1/p-1/i2D2;. The number of carbonyl (C=O) groups is 2. The zero-order chi connectivity index (χ0) is 10.2. The molecule has 0 amide bonds. The van der Waals surface area contributed by atoms with Gasteiger partial charge in [0.2, 0.25) is 0 Å². The normalized spacial score (nSPS) is 21.9. The van der Waals surface area contributed by atoms with Crippen LogP contribution in [0.1, 0.15) is 2.74 Å². The molecule has 0 saturated heterocycles. The van der Waals surface area contributed by atoms with E-state index in [1.165, 1.54) is 0 Å². The topological polar surface area (TPSA) is 75.7 Å². The van der Waals surface area contributed by atoms with Crippen molar-refractivity contribution in [3.8, 4) is 0 Å². The second kappa shape index (κ2) is 4.49. The van der Waals surface area contributed by atoms with Crippen molar-refractivity contribution in [1.82, 2.24) is 0 Å². The van der Waals surface area contributed by atoms with Crippen LogP contribution >= 0.6 is 0 Å². The van der Waals surface area contributed by atoms with Gasteiger partial charge >= 0.3 is 41.5 Å². The monoisotopic (exact) mass is 182 g/mol. The Morgan fingerprint density at radius 2 is 2.42 bits per heavy atom. The first-order valence-corrected chi connectivity index (χ1v) is 2.63. The smallest absolute Gasteiger partial charge is 0.872 e. The van der Waals surface area contributed by atoms with E-state index >= 15 is 0 Å². The summed E-state index contributed by atoms with van der Waals surface area (Å²) in [7, 11) is 0.976. The summed E-state index contributed by atoms with van der Waals surface area (Å²) in [5.41, 5.74) is -0.910. The van der Waals surface area contributed by atoms with E-state index in [4.69, 9.17) is 2.74 Å². The summed E-state index contributed by atoms with van der Waals surface area (Å²) >= 11 is 0. The molecular weight excluding hydrogens is 175 g/mol. The molecule has 0 unspecified atom stereocenters. The number of cyclic esters (lactones) is 1. The summed E-state index contributed by atoms with van der Waals surface area (Å²) in [5, 5.41) is 11.0. The average Bonchev–Trinajstić information content (AvgIpc) is 2.21. The van der Waals surface area contributed by atoms with Crippen LogP contribution in [0.5, 0.6) is 0 Å². The molecule has 0 aromatic heterocycles. The van der Waals surface area contributed by atoms with E-state index in [2.05, 4.69) is 9.47 Å². The molecular formula is C6H5NaO5. The van der Waals surface area contributed by atoms with Gasteiger partial charge in [-0.25, -0.2) is 9.59 Å². The maximum absolute atomic E-state index is 11.0. The van der Waals surface area contributed by atoms with Crippen molar-refractivity contribution >= 4 is 11.9 Å². The van der Waals surface area contributed by atoms with Gasteiger partial charge in [0.05, 0.1) is 9.85 Å². The van der Waals surface area contributed by atoms with Crippen molar-refractivity contribution < 1.29 is 56.5 Å². The van der Waals surface area contributed by atoms with Crippen molar-refractivity contribution in [2.75, 3.05) is 13.7 Å². The Morgan fingerprint density at radius 1 is 1.83 bits per heavy atom. The fourth-order valence-electron chi connectivity index (χ4n) is 0.566. The van der Waals surface area contributed by atoms with Crippen LogP contribution in [0.2, 0.25) is 0 Å². The van der Waals surface area contributed by atoms with Crippen LogP contribution in [0.3, 0.4) is 0 Å². The van der Waals surface area contributed by atoms with Crippen molar-refractivity contribution in [2.45, 2.75) is 0 Å². The van der Waals surface area contributed by atoms with Crippen molar-refractivity contribution in [3.63, 3.8) is 0 Å². The van der Waals surface area contributed by atoms with Gasteiger partial charge in [-0.1, -0.05) is 5.76 Å². The summed E-state index contributed by atoms with van der Waals surface area (Å²) < 4.78 is 21.8. The molecule has 0 aliphatic carbocycles. The van der Waals surface area contributed by atoms with Crippen LogP contribution in [-0.4, -0.2) is 25.6 Å². The molecule has 0 N–H and O–H groups in total. The second-order valence-corrected chi connectivity index (χ2v) is 1.69. The van der Waals surface area contributed by atoms with Crippen LogP contribution < -0.4 is 34.7 Å². The molecule has 0 saturated carbocycles. The first-order valence-electron chi connectivity index (χ1n) is 3.63. The molecule has 0 bridgehead atoms. The van der Waals surface area contributed by atoms with Gasteiger partial charge in [-0.05, 0) is 0 Å². The average molecular weight is 182 g/mol. The number of ether oxygens (including phenoxy) is 2. The summed E-state index contributed by atoms with van der Waals surface area (Å²) in [6.45, 7) is -2.75. The summed E-state index contributed by atoms with van der Waals surface area (Å²) in [4.78, 5) is 21.6. The number of hydrogen-bond donors (Lipinski definition) is 0. The van der Waals surface area contributed by atoms with E-state index in [0.717, 1.165) is 7.11 Å². The molecule has 5 nitrogen and oxygen atoms in total. The molecule has 0 atom stereocenters. The number of methoxy groups -OCH3 is 1. The number of rotatable bonds is 1. The molecule has 1 rings (SSSR count). The fourth-order valence-corrected chi connectivity index (χ4v) is 0.566. The molecule has 0 fully saturated rings. The number of carbonyl (C=O) groups excluding carboxylic acids is 2. The SMILES string of the molecule is [2H]C1([2H])OC(=O)C(C(=O)OC)=C1[O-].[Na+]. The minimum atomic E-state index is -2.75. The van der Waals surface area contributed by atoms with Gasteiger partial charge in [0.1, 0.15) is 12.1 Å². The van der Waals surface area contributed by atoms with E-state index in [-0.39, 0.29) is 29.6 Å². The first kappa shape index (κ1) is 8.10. The molecule has 0 radical (unpaired) electrons. The maximum atomic E-state index is 11.0. The molecule has 60 valence electrons. The molecule has 12 heavy (non-hydrogen) atoms. The summed E-state index contributed by atoms with van der Waals surface area (Å²) in [6, 6.07) is 0.